The van der Waals surface area contributed by atoms with E-state index in [1.54, 1.807) is 0 Å². The fourth-order valence-electron chi connectivity index (χ4n) is 3.42. The van der Waals surface area contributed by atoms with Crippen LogP contribution in [0, 0.1) is 11.8 Å². The second-order valence-corrected chi connectivity index (χ2v) is 9.45. The normalized spacial score (nSPS) is 23.1. The van der Waals surface area contributed by atoms with Crippen molar-refractivity contribution >= 4 is 27.5 Å². The number of benzene rings is 1. The first-order chi connectivity index (χ1) is 12.6. The number of carbonyl (C=O) groups is 2. The van der Waals surface area contributed by atoms with Crippen molar-refractivity contribution in [1.29, 1.82) is 0 Å². The lowest BCUT2D eigenvalue weighted by Gasteiger charge is -2.34. The number of hydrogen-bond donors (Lipinski definition) is 2. The van der Waals surface area contributed by atoms with Crippen molar-refractivity contribution in [2.24, 2.45) is 11.8 Å². The van der Waals surface area contributed by atoms with Crippen molar-refractivity contribution in [2.75, 3.05) is 18.9 Å². The summed E-state index contributed by atoms with van der Waals surface area (Å²) >= 11 is 0. The van der Waals surface area contributed by atoms with Crippen LogP contribution in [0.15, 0.2) is 29.2 Å². The first-order valence-electron chi connectivity index (χ1n) is 9.24. The first kappa shape index (κ1) is 21.4. The van der Waals surface area contributed by atoms with Crippen molar-refractivity contribution in [1.82, 2.24) is 9.62 Å². The molecule has 0 unspecified atom stereocenters. The summed E-state index contributed by atoms with van der Waals surface area (Å²) in [5.74, 6) is 0.408. The third kappa shape index (κ3) is 5.52. The highest BCUT2D eigenvalue weighted by molar-refractivity contribution is 7.89. The average molecular weight is 396 g/mol. The Hall–Kier alpha value is -1.93. The van der Waals surface area contributed by atoms with Crippen LogP contribution in [0.25, 0.3) is 0 Å². The van der Waals surface area contributed by atoms with Crippen LogP contribution in [0.2, 0.25) is 0 Å². The topological polar surface area (TPSA) is 95.6 Å². The molecule has 2 amide bonds. The zero-order valence-electron chi connectivity index (χ0n) is 16.4. The highest BCUT2D eigenvalue weighted by Gasteiger charge is 2.29. The van der Waals surface area contributed by atoms with Crippen molar-refractivity contribution in [3.63, 3.8) is 0 Å². The van der Waals surface area contributed by atoms with Crippen LogP contribution in [0.5, 0.6) is 0 Å². The summed E-state index contributed by atoms with van der Waals surface area (Å²) in [6.45, 7) is 5.47. The summed E-state index contributed by atoms with van der Waals surface area (Å²) in [5.41, 5.74) is 0.516. The fraction of sp³-hybridized carbons (Fsp3) is 0.579. The van der Waals surface area contributed by atoms with E-state index >= 15 is 0 Å². The first-order valence-corrected chi connectivity index (χ1v) is 10.7. The third-order valence-electron chi connectivity index (χ3n) is 5.30. The van der Waals surface area contributed by atoms with E-state index < -0.39 is 10.0 Å². The van der Waals surface area contributed by atoms with Crippen molar-refractivity contribution in [3.8, 4) is 0 Å². The zero-order valence-corrected chi connectivity index (χ0v) is 17.2. The van der Waals surface area contributed by atoms with Crippen molar-refractivity contribution < 1.29 is 18.0 Å². The van der Waals surface area contributed by atoms with Gasteiger partial charge in [0.15, 0.2) is 0 Å². The molecule has 0 bridgehead atoms. The summed E-state index contributed by atoms with van der Waals surface area (Å²) in [6, 6.07) is 5.97. The maximum absolute atomic E-state index is 12.7. The Balaban J connectivity index is 1.99. The molecule has 3 atom stereocenters. The monoisotopic (exact) mass is 395 g/mol. The quantitative estimate of drug-likeness (QED) is 0.772. The Morgan fingerprint density at radius 3 is 2.37 bits per heavy atom. The standard InChI is InChI=1S/C19H29N3O4S/c1-13-6-5-7-18(14(13)2)21-19(24)12-22(4)27(25,26)17-10-8-16(9-11-17)20-15(3)23/h8-11,13-14,18H,5-7,12H2,1-4H3,(H,20,23)(H,21,24)/t13-,14-,18+/m0/s1. The second kappa shape index (κ2) is 8.84. The minimum absolute atomic E-state index is 0.0755. The van der Waals surface area contributed by atoms with Gasteiger partial charge in [0, 0.05) is 25.7 Å². The lowest BCUT2D eigenvalue weighted by molar-refractivity contribution is -0.122. The molecule has 7 nitrogen and oxygen atoms in total. The van der Waals surface area contributed by atoms with E-state index in [2.05, 4.69) is 24.5 Å². The number of carbonyl (C=O) groups excluding carboxylic acids is 2. The minimum Gasteiger partial charge on any atom is -0.352 e. The van der Waals surface area contributed by atoms with Crippen LogP contribution in [-0.2, 0) is 19.6 Å². The number of nitrogens with one attached hydrogen (secondary N) is 2. The molecule has 27 heavy (non-hydrogen) atoms. The van der Waals surface area contributed by atoms with E-state index in [0.717, 1.165) is 23.6 Å². The lowest BCUT2D eigenvalue weighted by Crippen LogP contribution is -2.47. The van der Waals surface area contributed by atoms with Crippen molar-refractivity contribution in [3.05, 3.63) is 24.3 Å². The molecule has 0 spiro atoms. The smallest absolute Gasteiger partial charge is 0.243 e. The molecule has 1 saturated carbocycles. The van der Waals surface area contributed by atoms with Gasteiger partial charge < -0.3 is 10.6 Å². The summed E-state index contributed by atoms with van der Waals surface area (Å²) < 4.78 is 26.4. The van der Waals surface area contributed by atoms with Gasteiger partial charge in [-0.05, 0) is 42.5 Å². The maximum atomic E-state index is 12.7. The second-order valence-electron chi connectivity index (χ2n) is 7.41. The van der Waals surface area contributed by atoms with Gasteiger partial charge in [-0.15, -0.1) is 0 Å². The van der Waals surface area contributed by atoms with Crippen LogP contribution in [0.4, 0.5) is 5.69 Å². The Morgan fingerprint density at radius 1 is 1.15 bits per heavy atom. The molecular formula is C19H29N3O4S. The molecule has 8 heteroatoms. The molecule has 0 heterocycles. The highest BCUT2D eigenvalue weighted by atomic mass is 32.2. The number of sulfonamides is 1. The van der Waals surface area contributed by atoms with Crippen LogP contribution in [0.3, 0.4) is 0 Å². The van der Waals surface area contributed by atoms with E-state index in [1.807, 2.05) is 0 Å². The molecule has 2 rings (SSSR count). The van der Waals surface area contributed by atoms with E-state index in [9.17, 15) is 18.0 Å². The van der Waals surface area contributed by atoms with Gasteiger partial charge in [-0.25, -0.2) is 8.42 Å². The number of hydrogen-bond acceptors (Lipinski definition) is 4. The van der Waals surface area contributed by atoms with Crippen LogP contribution in [0.1, 0.15) is 40.0 Å². The molecule has 1 aliphatic carbocycles. The Kier molecular flexibility index (Phi) is 7.00. The predicted octanol–water partition coefficient (Wildman–Crippen LogP) is 2.21. The molecule has 0 aliphatic heterocycles. The van der Waals surface area contributed by atoms with Crippen LogP contribution in [-0.4, -0.2) is 44.2 Å². The van der Waals surface area contributed by atoms with Gasteiger partial charge in [0.2, 0.25) is 21.8 Å². The van der Waals surface area contributed by atoms with Gasteiger partial charge >= 0.3 is 0 Å². The van der Waals surface area contributed by atoms with Crippen molar-refractivity contribution in [2.45, 2.75) is 51.0 Å². The number of likely N-dealkylation sites (N-methyl/N-ethyl adjacent to an activating group) is 1. The van der Waals surface area contributed by atoms with Crippen LogP contribution >= 0.6 is 0 Å². The van der Waals surface area contributed by atoms with Gasteiger partial charge in [0.25, 0.3) is 0 Å². The Bertz CT molecular complexity index is 777. The zero-order chi connectivity index (χ0) is 20.2. The molecule has 0 aromatic heterocycles. The maximum Gasteiger partial charge on any atom is 0.243 e. The van der Waals surface area contributed by atoms with Gasteiger partial charge in [0.05, 0.1) is 11.4 Å². The molecule has 1 aromatic carbocycles. The van der Waals surface area contributed by atoms with E-state index in [1.165, 1.54) is 38.2 Å². The highest BCUT2D eigenvalue weighted by Crippen LogP contribution is 2.29. The lowest BCUT2D eigenvalue weighted by atomic mass is 9.78. The number of rotatable bonds is 6. The largest absolute Gasteiger partial charge is 0.352 e. The molecular weight excluding hydrogens is 366 g/mol. The summed E-state index contributed by atoms with van der Waals surface area (Å²) in [5, 5.41) is 5.58. The summed E-state index contributed by atoms with van der Waals surface area (Å²) in [4.78, 5) is 23.5. The molecule has 150 valence electrons. The average Bonchev–Trinajstić information content (AvgIpc) is 2.59. The number of nitrogens with zero attached hydrogens (tertiary/aromatic N) is 1. The Labute approximate surface area is 161 Å². The SMILES string of the molecule is CC(=O)Nc1ccc(S(=O)(=O)N(C)CC(=O)N[C@@H]2CCC[C@H](C)[C@@H]2C)cc1. The van der Waals surface area contributed by atoms with Gasteiger partial charge in [-0.2, -0.15) is 4.31 Å². The van der Waals surface area contributed by atoms with Gasteiger partial charge in [-0.1, -0.05) is 26.7 Å². The number of anilines is 1. The van der Waals surface area contributed by atoms with Gasteiger partial charge in [-0.3, -0.25) is 9.59 Å². The minimum atomic E-state index is -3.78. The molecule has 1 aliphatic rings. The summed E-state index contributed by atoms with van der Waals surface area (Å²) in [7, 11) is -2.39. The molecule has 1 fully saturated rings. The molecule has 1 aromatic rings. The number of amides is 2. The third-order valence-corrected chi connectivity index (χ3v) is 7.12. The van der Waals surface area contributed by atoms with E-state index in [4.69, 9.17) is 0 Å². The molecule has 2 N–H and O–H groups in total. The molecule has 0 radical (unpaired) electrons. The summed E-state index contributed by atoms with van der Waals surface area (Å²) in [6.07, 6.45) is 3.17. The van der Waals surface area contributed by atoms with Crippen LogP contribution < -0.4 is 10.6 Å². The van der Waals surface area contributed by atoms with E-state index in [-0.39, 0.29) is 29.3 Å². The van der Waals surface area contributed by atoms with E-state index in [0.29, 0.717) is 17.5 Å². The molecule has 0 saturated heterocycles. The predicted molar refractivity (Wildman–Crippen MR) is 105 cm³/mol. The van der Waals surface area contributed by atoms with Gasteiger partial charge in [0.1, 0.15) is 0 Å². The Morgan fingerprint density at radius 2 is 1.78 bits per heavy atom. The fourth-order valence-corrected chi connectivity index (χ4v) is 4.55.